The maximum atomic E-state index is 13.4. The number of carbonyl (C=O) groups is 1. The third kappa shape index (κ3) is 5.60. The van der Waals surface area contributed by atoms with E-state index in [1.807, 2.05) is 92.8 Å². The van der Waals surface area contributed by atoms with Crippen molar-refractivity contribution in [2.24, 2.45) is 0 Å². The van der Waals surface area contributed by atoms with Gasteiger partial charge in [0.1, 0.15) is 11.5 Å². The van der Waals surface area contributed by atoms with Crippen LogP contribution in [-0.2, 0) is 0 Å². The number of nitrogens with zero attached hydrogens (tertiary/aromatic N) is 6. The molecule has 0 unspecified atom stereocenters. The lowest BCUT2D eigenvalue weighted by Crippen LogP contribution is -2.29. The van der Waals surface area contributed by atoms with Crippen molar-refractivity contribution in [1.29, 1.82) is 0 Å². The Morgan fingerprint density at radius 3 is 2.38 bits per heavy atom. The van der Waals surface area contributed by atoms with Gasteiger partial charge in [0.05, 0.1) is 11.4 Å². The second-order valence-electron chi connectivity index (χ2n) is 8.13. The van der Waals surface area contributed by atoms with Crippen LogP contribution in [0.2, 0.25) is 0 Å². The Kier molecular flexibility index (Phi) is 7.19. The molecule has 2 aromatic carbocycles. The molecule has 0 bridgehead atoms. The molecule has 0 fully saturated rings. The zero-order valence-electron chi connectivity index (χ0n) is 19.5. The van der Waals surface area contributed by atoms with Gasteiger partial charge in [-0.05, 0) is 32.3 Å². The molecule has 2 heterocycles. The third-order valence-electron chi connectivity index (χ3n) is 5.27. The lowest BCUT2D eigenvalue weighted by atomic mass is 10.1. The molecule has 4 aromatic rings. The van der Waals surface area contributed by atoms with Crippen LogP contribution in [0.15, 0.2) is 79.0 Å². The maximum absolute atomic E-state index is 13.4. The third-order valence-corrected chi connectivity index (χ3v) is 5.27. The van der Waals surface area contributed by atoms with E-state index in [4.69, 9.17) is 4.98 Å². The Balaban J connectivity index is 1.68. The van der Waals surface area contributed by atoms with Gasteiger partial charge in [0, 0.05) is 43.5 Å². The molecule has 0 aliphatic carbocycles. The minimum Gasteiger partial charge on any atom is -0.358 e. The highest BCUT2D eigenvalue weighted by Gasteiger charge is 2.17. The number of rotatable bonds is 8. The number of hydrogen-bond donors (Lipinski definition) is 1. The van der Waals surface area contributed by atoms with Crippen molar-refractivity contribution >= 4 is 17.4 Å². The van der Waals surface area contributed by atoms with Gasteiger partial charge in [-0.3, -0.25) is 4.79 Å². The molecule has 0 atom stereocenters. The molecule has 0 aliphatic heterocycles. The van der Waals surface area contributed by atoms with Crippen molar-refractivity contribution in [3.05, 3.63) is 84.7 Å². The Morgan fingerprint density at radius 1 is 0.882 bits per heavy atom. The zero-order valence-corrected chi connectivity index (χ0v) is 19.5. The van der Waals surface area contributed by atoms with Gasteiger partial charge in [0.2, 0.25) is 0 Å². The topological polar surface area (TPSA) is 87.1 Å². The zero-order chi connectivity index (χ0) is 23.9. The van der Waals surface area contributed by atoms with E-state index in [0.29, 0.717) is 23.0 Å². The average molecular weight is 454 g/mol. The van der Waals surface area contributed by atoms with Crippen molar-refractivity contribution in [2.75, 3.05) is 44.4 Å². The normalized spacial score (nSPS) is 10.8. The molecule has 0 radical (unpaired) electrons. The SMILES string of the molecule is CN(C)CCN(C)c1cc(C(=O)Nc2ccccc2-c2cccnn2)nc(-c2ccccc2)n1. The number of likely N-dealkylation sites (N-methyl/N-ethyl adjacent to an activating group) is 2. The first kappa shape index (κ1) is 23.0. The van der Waals surface area contributed by atoms with Crippen molar-refractivity contribution in [2.45, 2.75) is 0 Å². The lowest BCUT2D eigenvalue weighted by Gasteiger charge is -2.21. The van der Waals surface area contributed by atoms with Crippen molar-refractivity contribution in [3.8, 4) is 22.6 Å². The van der Waals surface area contributed by atoms with Crippen molar-refractivity contribution < 1.29 is 4.79 Å². The van der Waals surface area contributed by atoms with Crippen molar-refractivity contribution in [1.82, 2.24) is 25.1 Å². The van der Waals surface area contributed by atoms with E-state index in [2.05, 4.69) is 25.4 Å². The second kappa shape index (κ2) is 10.6. The second-order valence-corrected chi connectivity index (χ2v) is 8.13. The number of anilines is 2. The van der Waals surface area contributed by atoms with Gasteiger partial charge in [-0.15, -0.1) is 0 Å². The number of nitrogens with one attached hydrogen (secondary N) is 1. The van der Waals surface area contributed by atoms with E-state index >= 15 is 0 Å². The molecule has 172 valence electrons. The van der Waals surface area contributed by atoms with Gasteiger partial charge >= 0.3 is 0 Å². The summed E-state index contributed by atoms with van der Waals surface area (Å²) in [6.45, 7) is 1.61. The number of hydrogen-bond acceptors (Lipinski definition) is 7. The monoisotopic (exact) mass is 453 g/mol. The maximum Gasteiger partial charge on any atom is 0.274 e. The van der Waals surface area contributed by atoms with Crippen LogP contribution in [0.5, 0.6) is 0 Å². The molecule has 1 N–H and O–H groups in total. The standard InChI is InChI=1S/C26H27N7O/c1-32(2)16-17-33(3)24-18-23(28-25(30-24)19-10-5-4-6-11-19)26(34)29-21-13-8-7-12-20(21)22-14-9-15-27-31-22/h4-15,18H,16-17H2,1-3H3,(H,29,34). The van der Waals surface area contributed by atoms with Crippen LogP contribution < -0.4 is 10.2 Å². The molecule has 0 spiro atoms. The van der Waals surface area contributed by atoms with Gasteiger partial charge in [-0.2, -0.15) is 10.2 Å². The summed E-state index contributed by atoms with van der Waals surface area (Å²) in [4.78, 5) is 26.8. The highest BCUT2D eigenvalue weighted by atomic mass is 16.1. The van der Waals surface area contributed by atoms with E-state index in [9.17, 15) is 4.79 Å². The summed E-state index contributed by atoms with van der Waals surface area (Å²) < 4.78 is 0. The van der Waals surface area contributed by atoms with Crippen LogP contribution in [-0.4, -0.2) is 65.2 Å². The number of amides is 1. The fraction of sp³-hybridized carbons (Fsp3) is 0.192. The minimum atomic E-state index is -0.321. The summed E-state index contributed by atoms with van der Waals surface area (Å²) in [5.41, 5.74) is 3.23. The Morgan fingerprint density at radius 2 is 1.65 bits per heavy atom. The predicted molar refractivity (Wildman–Crippen MR) is 135 cm³/mol. The largest absolute Gasteiger partial charge is 0.358 e. The summed E-state index contributed by atoms with van der Waals surface area (Å²) in [5, 5.41) is 11.1. The molecule has 1 amide bonds. The Hall–Kier alpha value is -4.17. The van der Waals surface area contributed by atoms with Crippen molar-refractivity contribution in [3.63, 3.8) is 0 Å². The molecular formula is C26H27N7O. The van der Waals surface area contributed by atoms with Gasteiger partial charge in [-0.25, -0.2) is 9.97 Å². The van der Waals surface area contributed by atoms with Gasteiger partial charge in [0.25, 0.3) is 5.91 Å². The first-order valence-electron chi connectivity index (χ1n) is 11.0. The number of benzene rings is 2. The van der Waals surface area contributed by atoms with Crippen LogP contribution in [0, 0.1) is 0 Å². The fourth-order valence-electron chi connectivity index (χ4n) is 3.37. The van der Waals surface area contributed by atoms with Crippen LogP contribution >= 0.6 is 0 Å². The number of aromatic nitrogens is 4. The van der Waals surface area contributed by atoms with E-state index < -0.39 is 0 Å². The van der Waals surface area contributed by atoms with Crippen LogP contribution in [0.4, 0.5) is 11.5 Å². The lowest BCUT2D eigenvalue weighted by molar-refractivity contribution is 0.102. The van der Waals surface area contributed by atoms with E-state index in [-0.39, 0.29) is 11.6 Å². The quantitative estimate of drug-likeness (QED) is 0.434. The van der Waals surface area contributed by atoms with E-state index in [0.717, 1.165) is 24.2 Å². The number of para-hydroxylation sites is 1. The first-order chi connectivity index (χ1) is 16.5. The fourth-order valence-corrected chi connectivity index (χ4v) is 3.37. The van der Waals surface area contributed by atoms with Crippen LogP contribution in [0.1, 0.15) is 10.5 Å². The van der Waals surface area contributed by atoms with E-state index in [1.54, 1.807) is 12.3 Å². The van der Waals surface area contributed by atoms with Gasteiger partial charge in [-0.1, -0.05) is 48.5 Å². The number of carbonyl (C=O) groups excluding carboxylic acids is 1. The smallest absolute Gasteiger partial charge is 0.274 e. The molecule has 8 nitrogen and oxygen atoms in total. The summed E-state index contributed by atoms with van der Waals surface area (Å²) in [6.07, 6.45) is 1.62. The van der Waals surface area contributed by atoms with Gasteiger partial charge in [0.15, 0.2) is 5.82 Å². The highest BCUT2D eigenvalue weighted by Crippen LogP contribution is 2.26. The van der Waals surface area contributed by atoms with Crippen LogP contribution in [0.3, 0.4) is 0 Å². The predicted octanol–water partition coefficient (Wildman–Crippen LogP) is 3.85. The highest BCUT2D eigenvalue weighted by molar-refractivity contribution is 6.05. The molecule has 0 saturated heterocycles. The molecule has 0 saturated carbocycles. The van der Waals surface area contributed by atoms with Crippen LogP contribution in [0.25, 0.3) is 22.6 Å². The molecule has 0 aliphatic rings. The minimum absolute atomic E-state index is 0.287. The summed E-state index contributed by atoms with van der Waals surface area (Å²) in [7, 11) is 6.01. The Labute approximate surface area is 199 Å². The molecule has 8 heteroatoms. The van der Waals surface area contributed by atoms with E-state index in [1.165, 1.54) is 0 Å². The molecule has 2 aromatic heterocycles. The summed E-state index contributed by atoms with van der Waals surface area (Å²) in [6, 6.07) is 22.6. The molecule has 4 rings (SSSR count). The molecular weight excluding hydrogens is 426 g/mol. The first-order valence-corrected chi connectivity index (χ1v) is 11.0. The average Bonchev–Trinajstić information content (AvgIpc) is 2.88. The molecule has 34 heavy (non-hydrogen) atoms. The Bertz CT molecular complexity index is 1250. The summed E-state index contributed by atoms with van der Waals surface area (Å²) >= 11 is 0. The summed E-state index contributed by atoms with van der Waals surface area (Å²) in [5.74, 6) is 0.864. The van der Waals surface area contributed by atoms with Gasteiger partial charge < -0.3 is 15.1 Å².